The molecule has 1 unspecified atom stereocenters. The number of halogens is 3. The van der Waals surface area contributed by atoms with Gasteiger partial charge in [0.15, 0.2) is 6.61 Å². The fourth-order valence-electron chi connectivity index (χ4n) is 2.33. The molecular weight excluding hydrogens is 365 g/mol. The van der Waals surface area contributed by atoms with Crippen molar-refractivity contribution in [3.63, 3.8) is 0 Å². The van der Waals surface area contributed by atoms with Crippen LogP contribution in [0.5, 0.6) is 5.75 Å². The number of aromatic nitrogens is 1. The molecule has 0 radical (unpaired) electrons. The Morgan fingerprint density at radius 3 is 2.69 bits per heavy atom. The van der Waals surface area contributed by atoms with Gasteiger partial charge in [-0.05, 0) is 36.6 Å². The van der Waals surface area contributed by atoms with Gasteiger partial charge < -0.3 is 10.1 Å². The molecule has 3 rings (SSSR count). The van der Waals surface area contributed by atoms with Gasteiger partial charge in [0, 0.05) is 4.70 Å². The Hall–Kier alpha value is -2.61. The molecule has 136 valence electrons. The summed E-state index contributed by atoms with van der Waals surface area (Å²) in [5, 5.41) is 3.84. The minimum atomic E-state index is -4.40. The maximum atomic E-state index is 12.4. The van der Waals surface area contributed by atoms with Crippen LogP contribution >= 0.6 is 11.3 Å². The van der Waals surface area contributed by atoms with E-state index in [9.17, 15) is 18.0 Å². The van der Waals surface area contributed by atoms with E-state index in [-0.39, 0.29) is 11.7 Å². The predicted molar refractivity (Wildman–Crippen MR) is 93.5 cm³/mol. The summed E-state index contributed by atoms with van der Waals surface area (Å²) in [6.07, 6.45) is -3.19. The van der Waals surface area contributed by atoms with Gasteiger partial charge in [0.2, 0.25) is 0 Å². The summed E-state index contributed by atoms with van der Waals surface area (Å²) in [7, 11) is 0. The smallest absolute Gasteiger partial charge is 0.422 e. The minimum Gasteiger partial charge on any atom is -0.483 e. The number of alkyl halides is 3. The van der Waals surface area contributed by atoms with E-state index in [0.29, 0.717) is 10.6 Å². The highest BCUT2D eigenvalue weighted by molar-refractivity contribution is 7.20. The molecule has 0 aliphatic heterocycles. The summed E-state index contributed by atoms with van der Waals surface area (Å²) in [6.45, 7) is 0.385. The van der Waals surface area contributed by atoms with Gasteiger partial charge in [-0.25, -0.2) is 0 Å². The van der Waals surface area contributed by atoms with Crippen molar-refractivity contribution in [3.05, 3.63) is 59.2 Å². The van der Waals surface area contributed by atoms with E-state index in [2.05, 4.69) is 15.0 Å². The van der Waals surface area contributed by atoms with Crippen LogP contribution in [0.3, 0.4) is 0 Å². The average molecular weight is 380 g/mol. The summed E-state index contributed by atoms with van der Waals surface area (Å²) in [4.78, 5) is 17.1. The Balaban J connectivity index is 1.63. The first-order valence-electron chi connectivity index (χ1n) is 7.77. The van der Waals surface area contributed by atoms with Crippen molar-refractivity contribution in [1.82, 2.24) is 10.3 Å². The first kappa shape index (κ1) is 18.2. The Labute approximate surface area is 151 Å². The number of nitrogens with zero attached hydrogens (tertiary/aromatic N) is 1. The highest BCUT2D eigenvalue weighted by Crippen LogP contribution is 2.26. The number of benzene rings is 1. The Morgan fingerprint density at radius 2 is 2.04 bits per heavy atom. The molecule has 0 aliphatic carbocycles. The van der Waals surface area contributed by atoms with Crippen LogP contribution in [-0.2, 0) is 0 Å². The van der Waals surface area contributed by atoms with E-state index in [1.54, 1.807) is 6.92 Å². The van der Waals surface area contributed by atoms with Crippen LogP contribution < -0.4 is 10.1 Å². The largest absolute Gasteiger partial charge is 0.483 e. The number of hydrogen-bond donors (Lipinski definition) is 1. The van der Waals surface area contributed by atoms with Gasteiger partial charge in [-0.15, -0.1) is 11.3 Å². The zero-order valence-corrected chi connectivity index (χ0v) is 14.5. The molecule has 3 aromatic rings. The zero-order chi connectivity index (χ0) is 18.7. The summed E-state index contributed by atoms with van der Waals surface area (Å²) in [5.74, 6) is -0.202. The number of pyridine rings is 1. The molecule has 8 heteroatoms. The molecule has 26 heavy (non-hydrogen) atoms. The molecule has 4 nitrogen and oxygen atoms in total. The lowest BCUT2D eigenvalue weighted by atomic mass is 10.2. The maximum Gasteiger partial charge on any atom is 0.422 e. The molecule has 1 atom stereocenters. The number of carbonyl (C=O) groups excluding carboxylic acids is 1. The Bertz CT molecular complexity index is 874. The van der Waals surface area contributed by atoms with E-state index in [4.69, 9.17) is 0 Å². The number of amides is 1. The Morgan fingerprint density at radius 1 is 1.27 bits per heavy atom. The quantitative estimate of drug-likeness (QED) is 0.696. The summed E-state index contributed by atoms with van der Waals surface area (Å²) in [6, 6.07) is 12.1. The van der Waals surface area contributed by atoms with E-state index in [0.717, 1.165) is 10.1 Å². The predicted octanol–water partition coefficient (Wildman–Crippen LogP) is 4.73. The number of thiophene rings is 1. The third kappa shape index (κ3) is 4.51. The third-order valence-corrected chi connectivity index (χ3v) is 4.72. The van der Waals surface area contributed by atoms with Crippen LogP contribution in [0.4, 0.5) is 13.2 Å². The Kier molecular flexibility index (Phi) is 5.13. The lowest BCUT2D eigenvalue weighted by molar-refractivity contribution is -0.153. The first-order chi connectivity index (χ1) is 12.3. The van der Waals surface area contributed by atoms with Crippen LogP contribution in [0, 0.1) is 0 Å². The highest BCUT2D eigenvalue weighted by atomic mass is 32.1. The number of nitrogens with one attached hydrogen (secondary N) is 1. The maximum absolute atomic E-state index is 12.4. The SMILES string of the molecule is CC(NC(=O)c1cc2ccccc2s1)c1ccc(OCC(F)(F)F)cn1. The van der Waals surface area contributed by atoms with Gasteiger partial charge in [0.1, 0.15) is 5.75 Å². The molecule has 2 heterocycles. The summed E-state index contributed by atoms with van der Waals surface area (Å²) in [5.41, 5.74) is 0.527. The lowest BCUT2D eigenvalue weighted by Gasteiger charge is -2.14. The molecule has 0 spiro atoms. The van der Waals surface area contributed by atoms with E-state index in [1.807, 2.05) is 30.3 Å². The molecule has 1 aromatic carbocycles. The molecule has 1 amide bonds. The van der Waals surface area contributed by atoms with Crippen LogP contribution in [0.1, 0.15) is 28.3 Å². The highest BCUT2D eigenvalue weighted by Gasteiger charge is 2.28. The lowest BCUT2D eigenvalue weighted by Crippen LogP contribution is -2.26. The summed E-state index contributed by atoms with van der Waals surface area (Å²) >= 11 is 1.39. The first-order valence-corrected chi connectivity index (χ1v) is 8.58. The molecule has 0 saturated carbocycles. The fourth-order valence-corrected chi connectivity index (χ4v) is 3.30. The van der Waals surface area contributed by atoms with Gasteiger partial charge in [0.05, 0.1) is 22.8 Å². The van der Waals surface area contributed by atoms with E-state index >= 15 is 0 Å². The van der Waals surface area contributed by atoms with E-state index < -0.39 is 18.8 Å². The number of hydrogen-bond acceptors (Lipinski definition) is 4. The van der Waals surface area contributed by atoms with Crippen LogP contribution in [-0.4, -0.2) is 23.7 Å². The monoisotopic (exact) mass is 380 g/mol. The molecular formula is C18H15F3N2O2S. The van der Waals surface area contributed by atoms with Crippen molar-refractivity contribution in [2.45, 2.75) is 19.1 Å². The molecule has 0 saturated heterocycles. The fraction of sp³-hybridized carbons (Fsp3) is 0.222. The normalized spacial score (nSPS) is 12.8. The second-order valence-electron chi connectivity index (χ2n) is 5.67. The van der Waals surface area contributed by atoms with Crippen molar-refractivity contribution in [1.29, 1.82) is 0 Å². The average Bonchev–Trinajstić information content (AvgIpc) is 3.04. The number of rotatable bonds is 5. The topological polar surface area (TPSA) is 51.2 Å². The van der Waals surface area contributed by atoms with Crippen molar-refractivity contribution in [2.75, 3.05) is 6.61 Å². The van der Waals surface area contributed by atoms with Crippen molar-refractivity contribution in [2.24, 2.45) is 0 Å². The van der Waals surface area contributed by atoms with Gasteiger partial charge >= 0.3 is 6.18 Å². The second kappa shape index (κ2) is 7.33. The number of fused-ring (bicyclic) bond motifs is 1. The van der Waals surface area contributed by atoms with Gasteiger partial charge in [0.25, 0.3) is 5.91 Å². The van der Waals surface area contributed by atoms with Crippen LogP contribution in [0.15, 0.2) is 48.7 Å². The molecule has 1 N–H and O–H groups in total. The molecule has 0 fully saturated rings. The van der Waals surface area contributed by atoms with E-state index in [1.165, 1.54) is 29.7 Å². The third-order valence-electron chi connectivity index (χ3n) is 3.60. The second-order valence-corrected chi connectivity index (χ2v) is 6.75. The summed E-state index contributed by atoms with van der Waals surface area (Å²) < 4.78 is 42.1. The van der Waals surface area contributed by atoms with Crippen molar-refractivity contribution in [3.8, 4) is 5.75 Å². The standard InChI is InChI=1S/C18H15F3N2O2S/c1-11(14-7-6-13(9-22-14)25-10-18(19,20)21)23-17(24)16-8-12-4-2-3-5-15(12)26-16/h2-9,11H,10H2,1H3,(H,23,24). The van der Waals surface area contributed by atoms with Crippen LogP contribution in [0.2, 0.25) is 0 Å². The number of carbonyl (C=O) groups is 1. The van der Waals surface area contributed by atoms with Crippen molar-refractivity contribution >= 4 is 27.3 Å². The number of ether oxygens (including phenoxy) is 1. The van der Waals surface area contributed by atoms with Crippen LogP contribution in [0.25, 0.3) is 10.1 Å². The molecule has 0 aliphatic rings. The van der Waals surface area contributed by atoms with Gasteiger partial charge in [-0.3, -0.25) is 9.78 Å². The minimum absolute atomic E-state index is 0.0223. The van der Waals surface area contributed by atoms with Crippen molar-refractivity contribution < 1.29 is 22.7 Å². The molecule has 2 aromatic heterocycles. The molecule has 0 bridgehead atoms. The zero-order valence-electron chi connectivity index (χ0n) is 13.7. The van der Waals surface area contributed by atoms with Gasteiger partial charge in [-0.2, -0.15) is 13.2 Å². The van der Waals surface area contributed by atoms with Gasteiger partial charge in [-0.1, -0.05) is 18.2 Å².